The summed E-state index contributed by atoms with van der Waals surface area (Å²) >= 11 is 0. The zero-order chi connectivity index (χ0) is 21.7. The van der Waals surface area contributed by atoms with Crippen molar-refractivity contribution in [3.05, 3.63) is 119 Å². The summed E-state index contributed by atoms with van der Waals surface area (Å²) in [5.74, 6) is -0.414. The van der Waals surface area contributed by atoms with Crippen LogP contribution in [0, 0.1) is 0 Å². The fraction of sp³-hybridized carbons (Fsp3) is 0.185. The van der Waals surface area contributed by atoms with Gasteiger partial charge >= 0.3 is 5.97 Å². The first kappa shape index (κ1) is 20.8. The molecule has 156 valence electrons. The summed E-state index contributed by atoms with van der Waals surface area (Å²) < 4.78 is 5.25. The van der Waals surface area contributed by atoms with Gasteiger partial charge in [-0.15, -0.1) is 0 Å². The molecule has 3 aromatic rings. The van der Waals surface area contributed by atoms with Gasteiger partial charge < -0.3 is 4.74 Å². The van der Waals surface area contributed by atoms with Crippen molar-refractivity contribution in [3.63, 3.8) is 0 Å². The van der Waals surface area contributed by atoms with Gasteiger partial charge in [0.2, 0.25) is 5.66 Å². The van der Waals surface area contributed by atoms with Gasteiger partial charge in [0.1, 0.15) is 0 Å². The lowest BCUT2D eigenvalue weighted by molar-refractivity contribution is -0.149. The van der Waals surface area contributed by atoms with E-state index in [-0.39, 0.29) is 0 Å². The van der Waals surface area contributed by atoms with E-state index >= 15 is 0 Å². The largest absolute Gasteiger partial charge is 0.466 e. The Bertz CT molecular complexity index is 995. The molecule has 4 heteroatoms. The maximum atomic E-state index is 13.2. The Labute approximate surface area is 183 Å². The van der Waals surface area contributed by atoms with E-state index in [2.05, 4.69) is 46.7 Å². The molecule has 0 radical (unpaired) electrons. The minimum absolute atomic E-state index is 0.414. The second kappa shape index (κ2) is 8.70. The van der Waals surface area contributed by atoms with E-state index in [0.717, 1.165) is 22.3 Å². The zero-order valence-electron chi connectivity index (χ0n) is 17.8. The average Bonchev–Trinajstić information content (AvgIpc) is 2.84. The van der Waals surface area contributed by atoms with Crippen LogP contribution in [0.2, 0.25) is 0 Å². The minimum atomic E-state index is -1.25. The van der Waals surface area contributed by atoms with Gasteiger partial charge in [0.05, 0.1) is 12.6 Å². The number of dihydropyridines is 1. The Kier molecular flexibility index (Phi) is 5.83. The molecule has 1 aliphatic heterocycles. The summed E-state index contributed by atoms with van der Waals surface area (Å²) in [6.07, 6.45) is 4.04. The third-order valence-electron chi connectivity index (χ3n) is 5.73. The number of aliphatic imine (C=N–C) groups is 1. The van der Waals surface area contributed by atoms with Crippen LogP contribution in [-0.4, -0.2) is 25.0 Å². The van der Waals surface area contributed by atoms with E-state index in [4.69, 9.17) is 4.74 Å². The summed E-state index contributed by atoms with van der Waals surface area (Å²) in [4.78, 5) is 17.8. The van der Waals surface area contributed by atoms with Gasteiger partial charge in [-0.1, -0.05) is 96.6 Å². The lowest BCUT2D eigenvalue weighted by Crippen LogP contribution is -2.61. The van der Waals surface area contributed by atoms with Crippen LogP contribution in [-0.2, 0) is 15.1 Å². The van der Waals surface area contributed by atoms with E-state index in [9.17, 15) is 4.79 Å². The standard InChI is InChI=1S/C27H26N2O2/c1-21-18-19-28-26(20-21,25(30)31-2)29-27(22-12-6-3-7-13-22,23-14-8-4-9-15-23)24-16-10-5-11-17-24/h3-19,29H,20H2,1-2H3. The van der Waals surface area contributed by atoms with Crippen LogP contribution < -0.4 is 5.32 Å². The fourth-order valence-electron chi connectivity index (χ4n) is 4.31. The molecule has 1 unspecified atom stereocenters. The average molecular weight is 411 g/mol. The summed E-state index contributed by atoms with van der Waals surface area (Å²) in [7, 11) is 1.41. The second-order valence-electron chi connectivity index (χ2n) is 7.79. The molecule has 0 amide bonds. The zero-order valence-corrected chi connectivity index (χ0v) is 17.8. The van der Waals surface area contributed by atoms with Gasteiger partial charge in [-0.3, -0.25) is 10.3 Å². The number of carbonyl (C=O) groups excluding carboxylic acids is 1. The van der Waals surface area contributed by atoms with Crippen LogP contribution >= 0.6 is 0 Å². The van der Waals surface area contributed by atoms with Crippen molar-refractivity contribution >= 4 is 12.2 Å². The van der Waals surface area contributed by atoms with E-state index in [0.29, 0.717) is 6.42 Å². The smallest absolute Gasteiger partial charge is 0.349 e. The molecule has 0 fully saturated rings. The van der Waals surface area contributed by atoms with Gasteiger partial charge in [-0.05, 0) is 29.7 Å². The molecule has 0 saturated heterocycles. The Balaban J connectivity index is 2.02. The highest BCUT2D eigenvalue weighted by Crippen LogP contribution is 2.40. The molecule has 0 aromatic heterocycles. The van der Waals surface area contributed by atoms with Crippen LogP contribution in [0.3, 0.4) is 0 Å². The normalized spacial score (nSPS) is 18.3. The molecule has 4 nitrogen and oxygen atoms in total. The predicted octanol–water partition coefficient (Wildman–Crippen LogP) is 4.86. The molecular weight excluding hydrogens is 384 g/mol. The lowest BCUT2D eigenvalue weighted by Gasteiger charge is -2.44. The predicted molar refractivity (Wildman–Crippen MR) is 124 cm³/mol. The number of hydrogen-bond donors (Lipinski definition) is 1. The van der Waals surface area contributed by atoms with Gasteiger partial charge in [0.15, 0.2) is 0 Å². The van der Waals surface area contributed by atoms with Crippen molar-refractivity contribution in [2.45, 2.75) is 24.5 Å². The molecule has 1 N–H and O–H groups in total. The molecule has 1 atom stereocenters. The van der Waals surface area contributed by atoms with Crippen molar-refractivity contribution in [1.82, 2.24) is 5.32 Å². The number of benzene rings is 3. The second-order valence-corrected chi connectivity index (χ2v) is 7.79. The van der Waals surface area contributed by atoms with E-state index in [1.807, 2.05) is 67.6 Å². The number of ether oxygens (including phenoxy) is 1. The number of nitrogens with zero attached hydrogens (tertiary/aromatic N) is 1. The topological polar surface area (TPSA) is 50.7 Å². The molecule has 0 saturated carbocycles. The molecular formula is C27H26N2O2. The van der Waals surface area contributed by atoms with Crippen LogP contribution in [0.1, 0.15) is 30.0 Å². The van der Waals surface area contributed by atoms with Crippen molar-refractivity contribution in [3.8, 4) is 0 Å². The van der Waals surface area contributed by atoms with Crippen LogP contribution in [0.5, 0.6) is 0 Å². The van der Waals surface area contributed by atoms with E-state index in [1.54, 1.807) is 6.21 Å². The maximum absolute atomic E-state index is 13.2. The van der Waals surface area contributed by atoms with Gasteiger partial charge in [-0.2, -0.15) is 0 Å². The highest BCUT2D eigenvalue weighted by atomic mass is 16.5. The number of rotatable bonds is 6. The number of carbonyl (C=O) groups is 1. The quantitative estimate of drug-likeness (QED) is 0.466. The van der Waals surface area contributed by atoms with Gasteiger partial charge in [-0.25, -0.2) is 4.79 Å². The minimum Gasteiger partial charge on any atom is -0.466 e. The SMILES string of the molecule is COC(=O)C1(NC(c2ccccc2)(c2ccccc2)c2ccccc2)CC(C)=CC=N1. The number of methoxy groups -OCH3 is 1. The monoisotopic (exact) mass is 410 g/mol. The first-order chi connectivity index (χ1) is 15.1. The third-order valence-corrected chi connectivity index (χ3v) is 5.73. The summed E-state index contributed by atoms with van der Waals surface area (Å²) in [6, 6.07) is 30.5. The van der Waals surface area contributed by atoms with Crippen molar-refractivity contribution < 1.29 is 9.53 Å². The first-order valence-electron chi connectivity index (χ1n) is 10.4. The first-order valence-corrected chi connectivity index (χ1v) is 10.4. The Morgan fingerprint density at radius 3 is 1.71 bits per heavy atom. The van der Waals surface area contributed by atoms with Crippen LogP contribution in [0.25, 0.3) is 0 Å². The molecule has 0 aliphatic carbocycles. The number of esters is 1. The van der Waals surface area contributed by atoms with Gasteiger partial charge in [0, 0.05) is 12.6 Å². The molecule has 0 bridgehead atoms. The Morgan fingerprint density at radius 1 is 0.871 bits per heavy atom. The summed E-state index contributed by atoms with van der Waals surface area (Å²) in [5.41, 5.74) is 2.01. The Hall–Kier alpha value is -3.50. The van der Waals surface area contributed by atoms with Crippen LogP contribution in [0.4, 0.5) is 0 Å². The van der Waals surface area contributed by atoms with E-state index < -0.39 is 17.2 Å². The van der Waals surface area contributed by atoms with Crippen molar-refractivity contribution in [2.75, 3.05) is 7.11 Å². The summed E-state index contributed by atoms with van der Waals surface area (Å²) in [6.45, 7) is 2.00. The van der Waals surface area contributed by atoms with Crippen molar-refractivity contribution in [2.24, 2.45) is 4.99 Å². The maximum Gasteiger partial charge on any atom is 0.349 e. The molecule has 1 heterocycles. The number of allylic oxidation sites excluding steroid dienone is 1. The molecule has 31 heavy (non-hydrogen) atoms. The Morgan fingerprint density at radius 2 is 1.32 bits per heavy atom. The number of nitrogens with one attached hydrogen (secondary N) is 1. The highest BCUT2D eigenvalue weighted by Gasteiger charge is 2.49. The van der Waals surface area contributed by atoms with E-state index in [1.165, 1.54) is 7.11 Å². The molecule has 0 spiro atoms. The lowest BCUT2D eigenvalue weighted by atomic mass is 9.75. The highest BCUT2D eigenvalue weighted by molar-refractivity contribution is 5.87. The third kappa shape index (κ3) is 3.82. The van der Waals surface area contributed by atoms with Crippen LogP contribution in [0.15, 0.2) is 108 Å². The molecule has 1 aliphatic rings. The summed E-state index contributed by atoms with van der Waals surface area (Å²) in [5, 5.41) is 3.70. The van der Waals surface area contributed by atoms with Crippen molar-refractivity contribution in [1.29, 1.82) is 0 Å². The fourth-order valence-corrected chi connectivity index (χ4v) is 4.31. The van der Waals surface area contributed by atoms with Gasteiger partial charge in [0.25, 0.3) is 0 Å². The number of hydrogen-bond acceptors (Lipinski definition) is 4. The molecule has 4 rings (SSSR count). The molecule has 3 aromatic carbocycles.